The Hall–Kier alpha value is -0.340. The van der Waals surface area contributed by atoms with Crippen LogP contribution in [0.5, 0.6) is 0 Å². The lowest BCUT2D eigenvalue weighted by molar-refractivity contribution is 0.140. The summed E-state index contributed by atoms with van der Waals surface area (Å²) in [5, 5.41) is 10.4. The summed E-state index contributed by atoms with van der Waals surface area (Å²) in [5.74, 6) is 2.29. The highest BCUT2D eigenvalue weighted by atomic mass is 32.1. The van der Waals surface area contributed by atoms with Crippen molar-refractivity contribution >= 4 is 11.3 Å². The van der Waals surface area contributed by atoms with E-state index in [9.17, 15) is 5.11 Å². The van der Waals surface area contributed by atoms with Gasteiger partial charge in [-0.2, -0.15) is 0 Å². The molecule has 3 rings (SSSR count). The highest BCUT2D eigenvalue weighted by molar-refractivity contribution is 7.12. The standard InChI is InChI=1S/C13H18OS/c1-7-6-8(2)15-13(7)12(14)11-9-4-3-5-10(9)11/h6,9-12,14H,3-5H2,1-2H3. The van der Waals surface area contributed by atoms with Crippen LogP contribution in [0.25, 0.3) is 0 Å². The number of fused-ring (bicyclic) bond motifs is 1. The molecule has 2 aliphatic carbocycles. The Kier molecular flexibility index (Phi) is 2.18. The summed E-state index contributed by atoms with van der Waals surface area (Å²) in [6, 6.07) is 2.20. The van der Waals surface area contributed by atoms with Gasteiger partial charge in [0.15, 0.2) is 0 Å². The molecule has 0 aromatic carbocycles. The maximum atomic E-state index is 10.4. The molecule has 2 aliphatic rings. The van der Waals surface area contributed by atoms with Gasteiger partial charge < -0.3 is 5.11 Å². The largest absolute Gasteiger partial charge is 0.387 e. The molecule has 1 heterocycles. The number of hydrogen-bond acceptors (Lipinski definition) is 2. The molecule has 0 spiro atoms. The van der Waals surface area contributed by atoms with Gasteiger partial charge in [0.1, 0.15) is 0 Å². The Morgan fingerprint density at radius 2 is 2.00 bits per heavy atom. The van der Waals surface area contributed by atoms with Gasteiger partial charge in [-0.3, -0.25) is 0 Å². The summed E-state index contributed by atoms with van der Waals surface area (Å²) in [6.07, 6.45) is 3.94. The highest BCUT2D eigenvalue weighted by Crippen LogP contribution is 2.62. The first-order valence-electron chi connectivity index (χ1n) is 5.93. The molecular formula is C13H18OS. The smallest absolute Gasteiger partial charge is 0.0918 e. The van der Waals surface area contributed by atoms with E-state index in [0.29, 0.717) is 5.92 Å². The lowest BCUT2D eigenvalue weighted by Gasteiger charge is -2.11. The van der Waals surface area contributed by atoms with E-state index < -0.39 is 0 Å². The van der Waals surface area contributed by atoms with Crippen LogP contribution in [0.1, 0.15) is 40.7 Å². The van der Waals surface area contributed by atoms with E-state index in [-0.39, 0.29) is 6.10 Å². The third-order valence-electron chi connectivity index (χ3n) is 4.19. The molecule has 15 heavy (non-hydrogen) atoms. The molecule has 2 fully saturated rings. The first-order chi connectivity index (χ1) is 7.18. The van der Waals surface area contributed by atoms with Crippen molar-refractivity contribution in [2.24, 2.45) is 17.8 Å². The molecule has 1 nitrogen and oxygen atoms in total. The second-order valence-electron chi connectivity index (χ2n) is 5.19. The number of hydrogen-bond donors (Lipinski definition) is 1. The predicted octanol–water partition coefficient (Wildman–Crippen LogP) is 3.44. The lowest BCUT2D eigenvalue weighted by Crippen LogP contribution is -2.03. The van der Waals surface area contributed by atoms with Gasteiger partial charge in [0, 0.05) is 9.75 Å². The van der Waals surface area contributed by atoms with Crippen LogP contribution in [0.15, 0.2) is 6.07 Å². The van der Waals surface area contributed by atoms with Crippen LogP contribution in [0.3, 0.4) is 0 Å². The Morgan fingerprint density at radius 1 is 1.33 bits per heavy atom. The zero-order valence-corrected chi connectivity index (χ0v) is 10.2. The summed E-state index contributed by atoms with van der Waals surface area (Å²) in [6.45, 7) is 4.25. The number of rotatable bonds is 2. The maximum absolute atomic E-state index is 10.4. The van der Waals surface area contributed by atoms with Gasteiger partial charge in [-0.05, 0) is 56.1 Å². The Balaban J connectivity index is 1.80. The van der Waals surface area contributed by atoms with Crippen molar-refractivity contribution in [3.05, 3.63) is 21.4 Å². The van der Waals surface area contributed by atoms with Gasteiger partial charge in [-0.1, -0.05) is 6.42 Å². The van der Waals surface area contributed by atoms with Crippen LogP contribution in [-0.2, 0) is 0 Å². The molecule has 1 N–H and O–H groups in total. The van der Waals surface area contributed by atoms with Crippen LogP contribution in [0.4, 0.5) is 0 Å². The van der Waals surface area contributed by atoms with Crippen molar-refractivity contribution in [3.8, 4) is 0 Å². The SMILES string of the molecule is Cc1cc(C)c(C(O)C2C3CCCC32)s1. The number of aliphatic hydroxyl groups is 1. The molecule has 1 aromatic heterocycles. The summed E-state index contributed by atoms with van der Waals surface area (Å²) in [7, 11) is 0. The molecule has 0 aliphatic heterocycles. The summed E-state index contributed by atoms with van der Waals surface area (Å²) >= 11 is 1.78. The molecule has 3 atom stereocenters. The van der Waals surface area contributed by atoms with Crippen molar-refractivity contribution in [2.45, 2.75) is 39.2 Å². The average Bonchev–Trinajstić information content (AvgIpc) is 2.58. The minimum atomic E-state index is -0.168. The Bertz CT molecular complexity index is 372. The molecule has 0 saturated heterocycles. The summed E-state index contributed by atoms with van der Waals surface area (Å²) in [5.41, 5.74) is 1.29. The third-order valence-corrected chi connectivity index (χ3v) is 5.41. The molecule has 82 valence electrons. The van der Waals surface area contributed by atoms with E-state index >= 15 is 0 Å². The van der Waals surface area contributed by atoms with Crippen LogP contribution in [-0.4, -0.2) is 5.11 Å². The van der Waals surface area contributed by atoms with Crippen LogP contribution < -0.4 is 0 Å². The molecule has 0 bridgehead atoms. The van der Waals surface area contributed by atoms with Crippen molar-refractivity contribution in [1.82, 2.24) is 0 Å². The normalized spacial score (nSPS) is 35.3. The molecular weight excluding hydrogens is 204 g/mol. The van der Waals surface area contributed by atoms with Crippen LogP contribution in [0.2, 0.25) is 0 Å². The van der Waals surface area contributed by atoms with Gasteiger partial charge in [0.2, 0.25) is 0 Å². The van der Waals surface area contributed by atoms with E-state index in [1.54, 1.807) is 11.3 Å². The van der Waals surface area contributed by atoms with Crippen molar-refractivity contribution < 1.29 is 5.11 Å². The van der Waals surface area contributed by atoms with E-state index in [1.165, 1.54) is 34.6 Å². The van der Waals surface area contributed by atoms with Gasteiger partial charge in [-0.25, -0.2) is 0 Å². The zero-order valence-electron chi connectivity index (χ0n) is 9.36. The van der Waals surface area contributed by atoms with E-state index in [2.05, 4.69) is 19.9 Å². The summed E-state index contributed by atoms with van der Waals surface area (Å²) in [4.78, 5) is 2.55. The molecule has 0 amide bonds. The van der Waals surface area contributed by atoms with Crippen LogP contribution >= 0.6 is 11.3 Å². The highest BCUT2D eigenvalue weighted by Gasteiger charge is 2.56. The molecule has 3 unspecified atom stereocenters. The van der Waals surface area contributed by atoms with E-state index in [1.807, 2.05) is 0 Å². The first kappa shape index (κ1) is 9.86. The predicted molar refractivity (Wildman–Crippen MR) is 63.1 cm³/mol. The number of aliphatic hydroxyl groups excluding tert-OH is 1. The lowest BCUT2D eigenvalue weighted by atomic mass is 10.0. The second-order valence-corrected chi connectivity index (χ2v) is 6.47. The topological polar surface area (TPSA) is 20.2 Å². The van der Waals surface area contributed by atoms with Crippen molar-refractivity contribution in [3.63, 3.8) is 0 Å². The fraction of sp³-hybridized carbons (Fsp3) is 0.692. The molecule has 2 heteroatoms. The number of thiophene rings is 1. The van der Waals surface area contributed by atoms with Gasteiger partial charge in [0.05, 0.1) is 6.10 Å². The van der Waals surface area contributed by atoms with Crippen molar-refractivity contribution in [1.29, 1.82) is 0 Å². The Labute approximate surface area is 95.1 Å². The first-order valence-corrected chi connectivity index (χ1v) is 6.75. The van der Waals surface area contributed by atoms with Gasteiger partial charge in [0.25, 0.3) is 0 Å². The molecule has 0 radical (unpaired) electrons. The average molecular weight is 222 g/mol. The second kappa shape index (κ2) is 3.33. The number of aryl methyl sites for hydroxylation is 2. The quantitative estimate of drug-likeness (QED) is 0.812. The van der Waals surface area contributed by atoms with Gasteiger partial charge >= 0.3 is 0 Å². The molecule has 1 aromatic rings. The monoisotopic (exact) mass is 222 g/mol. The summed E-state index contributed by atoms with van der Waals surface area (Å²) < 4.78 is 0. The Morgan fingerprint density at radius 3 is 2.53 bits per heavy atom. The minimum Gasteiger partial charge on any atom is -0.387 e. The van der Waals surface area contributed by atoms with E-state index in [0.717, 1.165) is 11.8 Å². The zero-order chi connectivity index (χ0) is 10.6. The third kappa shape index (κ3) is 1.46. The molecule has 2 saturated carbocycles. The van der Waals surface area contributed by atoms with Crippen molar-refractivity contribution in [2.75, 3.05) is 0 Å². The van der Waals surface area contributed by atoms with Crippen LogP contribution in [0, 0.1) is 31.6 Å². The fourth-order valence-corrected chi connectivity index (χ4v) is 4.55. The minimum absolute atomic E-state index is 0.168. The maximum Gasteiger partial charge on any atom is 0.0918 e. The van der Waals surface area contributed by atoms with Gasteiger partial charge in [-0.15, -0.1) is 11.3 Å². The fourth-order valence-electron chi connectivity index (χ4n) is 3.47. The van der Waals surface area contributed by atoms with E-state index in [4.69, 9.17) is 0 Å².